The molecule has 0 bridgehead atoms. The largest absolute Gasteiger partial charge is 0.493 e. The quantitative estimate of drug-likeness (QED) is 0.720. The minimum atomic E-state index is -1.04. The molecule has 9 heteroatoms. The fraction of sp³-hybridized carbons (Fsp3) is 0.438. The van der Waals surface area contributed by atoms with Crippen LogP contribution in [0.5, 0.6) is 17.2 Å². The summed E-state index contributed by atoms with van der Waals surface area (Å²) in [6, 6.07) is 1.98. The number of ether oxygens (including phenoxy) is 3. The van der Waals surface area contributed by atoms with Gasteiger partial charge in [0.2, 0.25) is 5.75 Å². The molecule has 25 heavy (non-hydrogen) atoms. The topological polar surface area (TPSA) is 128 Å². The van der Waals surface area contributed by atoms with E-state index in [0.29, 0.717) is 19.4 Å². The first-order valence-electron chi connectivity index (χ1n) is 7.60. The van der Waals surface area contributed by atoms with Gasteiger partial charge in [0.15, 0.2) is 18.1 Å². The van der Waals surface area contributed by atoms with Crippen molar-refractivity contribution in [2.45, 2.75) is 18.9 Å². The second-order valence-corrected chi connectivity index (χ2v) is 5.46. The molecule has 0 aromatic heterocycles. The van der Waals surface area contributed by atoms with E-state index in [0.717, 1.165) is 0 Å². The summed E-state index contributed by atoms with van der Waals surface area (Å²) in [7, 11) is 2.74. The van der Waals surface area contributed by atoms with E-state index in [1.165, 1.54) is 31.3 Å². The summed E-state index contributed by atoms with van der Waals surface area (Å²) in [5, 5.41) is 9.24. The van der Waals surface area contributed by atoms with E-state index in [9.17, 15) is 19.5 Å². The Morgan fingerprint density at radius 1 is 1.24 bits per heavy atom. The monoisotopic (exact) mass is 352 g/mol. The van der Waals surface area contributed by atoms with Crippen molar-refractivity contribution in [3.63, 3.8) is 0 Å². The van der Waals surface area contributed by atoms with Gasteiger partial charge >= 0.3 is 5.97 Å². The number of nitrogens with zero attached hydrogens (tertiary/aromatic N) is 1. The zero-order valence-corrected chi connectivity index (χ0v) is 14.0. The number of methoxy groups -OCH3 is 2. The standard InChI is InChI=1S/C16H20N2O7/c1-23-11-6-9(7-12(24-2)14(11)25-8-13(17)19)15(20)18-5-3-4-10(18)16(21)22/h6-7,10H,3-5,8H2,1-2H3,(H2,17,19)(H,21,22). The number of carbonyl (C=O) groups excluding carboxylic acids is 2. The molecule has 0 radical (unpaired) electrons. The Hall–Kier alpha value is -2.97. The van der Waals surface area contributed by atoms with E-state index in [-0.39, 0.29) is 29.4 Å². The molecule has 1 aliphatic rings. The molecular weight excluding hydrogens is 332 g/mol. The summed E-state index contributed by atoms with van der Waals surface area (Å²) in [5.74, 6) is -1.67. The maximum atomic E-state index is 12.7. The molecule has 136 valence electrons. The van der Waals surface area contributed by atoms with Crippen LogP contribution in [0.25, 0.3) is 0 Å². The number of aliphatic carboxylic acids is 1. The Morgan fingerprint density at radius 3 is 2.32 bits per heavy atom. The average Bonchev–Trinajstić information content (AvgIpc) is 3.08. The van der Waals surface area contributed by atoms with Gasteiger partial charge in [-0.25, -0.2) is 4.79 Å². The Bertz CT molecular complexity index is 664. The molecule has 1 saturated heterocycles. The molecular formula is C16H20N2O7. The SMILES string of the molecule is COc1cc(C(=O)N2CCCC2C(=O)O)cc(OC)c1OCC(N)=O. The van der Waals surface area contributed by atoms with Gasteiger partial charge in [0, 0.05) is 12.1 Å². The van der Waals surface area contributed by atoms with Crippen LogP contribution in [-0.2, 0) is 9.59 Å². The summed E-state index contributed by atoms with van der Waals surface area (Å²) < 4.78 is 15.7. The van der Waals surface area contributed by atoms with E-state index >= 15 is 0 Å². The van der Waals surface area contributed by atoms with Crippen molar-refractivity contribution in [3.05, 3.63) is 17.7 Å². The maximum absolute atomic E-state index is 12.7. The minimum Gasteiger partial charge on any atom is -0.493 e. The average molecular weight is 352 g/mol. The second kappa shape index (κ2) is 7.73. The van der Waals surface area contributed by atoms with Gasteiger partial charge in [0.1, 0.15) is 6.04 Å². The van der Waals surface area contributed by atoms with E-state index in [1.54, 1.807) is 0 Å². The number of benzene rings is 1. The summed E-state index contributed by atoms with van der Waals surface area (Å²) >= 11 is 0. The molecule has 2 rings (SSSR count). The third kappa shape index (κ3) is 3.93. The predicted octanol–water partition coefficient (Wildman–Crippen LogP) is 0.257. The first kappa shape index (κ1) is 18.4. The lowest BCUT2D eigenvalue weighted by Gasteiger charge is -2.22. The Kier molecular flexibility index (Phi) is 5.68. The van der Waals surface area contributed by atoms with Gasteiger partial charge in [-0.05, 0) is 25.0 Å². The van der Waals surface area contributed by atoms with E-state index < -0.39 is 23.8 Å². The van der Waals surface area contributed by atoms with Crippen molar-refractivity contribution in [1.82, 2.24) is 4.90 Å². The summed E-state index contributed by atoms with van der Waals surface area (Å²) in [6.45, 7) is -0.0203. The molecule has 1 aliphatic heterocycles. The van der Waals surface area contributed by atoms with Crippen LogP contribution in [0.2, 0.25) is 0 Å². The van der Waals surface area contributed by atoms with Crippen molar-refractivity contribution >= 4 is 17.8 Å². The Morgan fingerprint density at radius 2 is 1.84 bits per heavy atom. The number of rotatable bonds is 7. The molecule has 1 aromatic carbocycles. The minimum absolute atomic E-state index is 0.136. The van der Waals surface area contributed by atoms with Gasteiger partial charge < -0.3 is 30.0 Å². The van der Waals surface area contributed by atoms with Crippen LogP contribution in [0.3, 0.4) is 0 Å². The molecule has 0 spiro atoms. The number of primary amides is 1. The fourth-order valence-electron chi connectivity index (χ4n) is 2.72. The van der Waals surface area contributed by atoms with Crippen molar-refractivity contribution in [2.75, 3.05) is 27.4 Å². The first-order chi connectivity index (χ1) is 11.9. The molecule has 9 nitrogen and oxygen atoms in total. The van der Waals surface area contributed by atoms with Gasteiger partial charge in [-0.2, -0.15) is 0 Å². The highest BCUT2D eigenvalue weighted by atomic mass is 16.5. The Labute approximate surface area is 144 Å². The zero-order valence-electron chi connectivity index (χ0n) is 14.0. The van der Waals surface area contributed by atoms with Crippen LogP contribution < -0.4 is 19.9 Å². The highest BCUT2D eigenvalue weighted by Gasteiger charge is 2.35. The van der Waals surface area contributed by atoms with Gasteiger partial charge in [0.25, 0.3) is 11.8 Å². The van der Waals surface area contributed by atoms with Crippen molar-refractivity contribution in [3.8, 4) is 17.2 Å². The van der Waals surface area contributed by atoms with Crippen LogP contribution in [0.15, 0.2) is 12.1 Å². The van der Waals surface area contributed by atoms with Gasteiger partial charge in [-0.15, -0.1) is 0 Å². The Balaban J connectivity index is 2.36. The van der Waals surface area contributed by atoms with Crippen molar-refractivity contribution < 1.29 is 33.7 Å². The van der Waals surface area contributed by atoms with Crippen LogP contribution in [0.4, 0.5) is 0 Å². The summed E-state index contributed by atoms with van der Waals surface area (Å²) in [5.41, 5.74) is 5.27. The molecule has 1 fully saturated rings. The number of carbonyl (C=O) groups is 3. The molecule has 1 heterocycles. The third-order valence-electron chi connectivity index (χ3n) is 3.87. The normalized spacial score (nSPS) is 16.4. The zero-order chi connectivity index (χ0) is 18.6. The lowest BCUT2D eigenvalue weighted by atomic mass is 10.1. The van der Waals surface area contributed by atoms with Crippen LogP contribution in [0, 0.1) is 0 Å². The number of carboxylic acid groups (broad SMARTS) is 1. The number of amides is 2. The van der Waals surface area contributed by atoms with Gasteiger partial charge in [0.05, 0.1) is 14.2 Å². The number of hydrogen-bond acceptors (Lipinski definition) is 6. The molecule has 1 atom stereocenters. The molecule has 1 aromatic rings. The molecule has 1 unspecified atom stereocenters. The highest BCUT2D eigenvalue weighted by molar-refractivity contribution is 5.98. The lowest BCUT2D eigenvalue weighted by Crippen LogP contribution is -2.40. The maximum Gasteiger partial charge on any atom is 0.326 e. The third-order valence-corrected chi connectivity index (χ3v) is 3.87. The number of nitrogens with two attached hydrogens (primary N) is 1. The fourth-order valence-corrected chi connectivity index (χ4v) is 2.72. The van der Waals surface area contributed by atoms with Crippen molar-refractivity contribution in [2.24, 2.45) is 5.73 Å². The predicted molar refractivity (Wildman–Crippen MR) is 85.9 cm³/mol. The van der Waals surface area contributed by atoms with E-state index in [2.05, 4.69) is 0 Å². The summed E-state index contributed by atoms with van der Waals surface area (Å²) in [6.07, 6.45) is 1.03. The van der Waals surface area contributed by atoms with Crippen LogP contribution in [0.1, 0.15) is 23.2 Å². The van der Waals surface area contributed by atoms with Crippen molar-refractivity contribution in [1.29, 1.82) is 0 Å². The first-order valence-corrected chi connectivity index (χ1v) is 7.60. The lowest BCUT2D eigenvalue weighted by molar-refractivity contribution is -0.141. The molecule has 0 aliphatic carbocycles. The van der Waals surface area contributed by atoms with Gasteiger partial charge in [-0.3, -0.25) is 9.59 Å². The van der Waals surface area contributed by atoms with E-state index in [1.807, 2.05) is 0 Å². The van der Waals surface area contributed by atoms with Crippen LogP contribution in [-0.4, -0.2) is 61.2 Å². The van der Waals surface area contributed by atoms with Crippen LogP contribution >= 0.6 is 0 Å². The number of carboxylic acids is 1. The molecule has 3 N–H and O–H groups in total. The second-order valence-electron chi connectivity index (χ2n) is 5.46. The van der Waals surface area contributed by atoms with Gasteiger partial charge in [-0.1, -0.05) is 0 Å². The van der Waals surface area contributed by atoms with E-state index in [4.69, 9.17) is 19.9 Å². The number of hydrogen-bond donors (Lipinski definition) is 2. The summed E-state index contributed by atoms with van der Waals surface area (Å²) in [4.78, 5) is 36.2. The molecule has 2 amide bonds. The highest BCUT2D eigenvalue weighted by Crippen LogP contribution is 2.39. The molecule has 0 saturated carbocycles. The smallest absolute Gasteiger partial charge is 0.326 e. The number of likely N-dealkylation sites (tertiary alicyclic amines) is 1.